The Bertz CT molecular complexity index is 974. The van der Waals surface area contributed by atoms with Crippen LogP contribution in [0.4, 0.5) is 17.2 Å². The van der Waals surface area contributed by atoms with Gasteiger partial charge < -0.3 is 15.8 Å². The largest absolute Gasteiger partial charge is 0.496 e. The Morgan fingerprint density at radius 3 is 2.65 bits per heavy atom. The number of aryl methyl sites for hydroxylation is 1. The van der Waals surface area contributed by atoms with Gasteiger partial charge in [0.05, 0.1) is 18.4 Å². The lowest BCUT2D eigenvalue weighted by Crippen LogP contribution is -2.30. The minimum Gasteiger partial charge on any atom is -0.496 e. The van der Waals surface area contributed by atoms with Crippen molar-refractivity contribution in [3.8, 4) is 17.0 Å². The number of halogens is 1. The highest BCUT2D eigenvalue weighted by Crippen LogP contribution is 2.32. The maximum absolute atomic E-state index is 6.14. The zero-order valence-corrected chi connectivity index (χ0v) is 15.2. The molecule has 0 saturated carbocycles. The quantitative estimate of drug-likeness (QED) is 0.475. The van der Waals surface area contributed by atoms with Crippen molar-refractivity contribution < 1.29 is 10.1 Å². The Hall–Kier alpha value is -3.12. The van der Waals surface area contributed by atoms with E-state index in [0.29, 0.717) is 33.8 Å². The van der Waals surface area contributed by atoms with E-state index in [0.717, 1.165) is 16.8 Å². The van der Waals surface area contributed by atoms with Crippen LogP contribution < -0.4 is 21.2 Å². The van der Waals surface area contributed by atoms with Crippen LogP contribution in [-0.4, -0.2) is 23.3 Å². The third-order valence-corrected chi connectivity index (χ3v) is 4.05. The topological polar surface area (TPSA) is 98.6 Å². The molecule has 2 aromatic carbocycles. The third kappa shape index (κ3) is 3.75. The number of hydrogen-bond donors (Lipinski definition) is 3. The zero-order chi connectivity index (χ0) is 18.7. The number of aromatic nitrogens is 2. The van der Waals surface area contributed by atoms with Gasteiger partial charge in [-0.05, 0) is 43.3 Å². The number of benzene rings is 2. The Labute approximate surface area is 156 Å². The van der Waals surface area contributed by atoms with E-state index < -0.39 is 0 Å². The summed E-state index contributed by atoms with van der Waals surface area (Å²) in [5.74, 6) is 1.94. The monoisotopic (exact) mass is 368 g/mol. The van der Waals surface area contributed by atoms with Gasteiger partial charge in [-0.25, -0.2) is 9.97 Å². The van der Waals surface area contributed by atoms with Crippen molar-refractivity contribution in [3.05, 3.63) is 58.9 Å². The summed E-state index contributed by atoms with van der Waals surface area (Å²) in [4.78, 5) is 8.94. The minimum absolute atomic E-state index is 0.583. The fourth-order valence-electron chi connectivity index (χ4n) is 2.60. The fourth-order valence-corrected chi connectivity index (χ4v) is 2.77. The number of methoxy groups -OCH3 is 1. The van der Waals surface area contributed by atoms with Crippen LogP contribution in [0.5, 0.6) is 5.75 Å². The van der Waals surface area contributed by atoms with Gasteiger partial charge in [0.2, 0.25) is 0 Å². The number of nitrogen functional groups attached to an aromatic ring is 1. The van der Waals surface area contributed by atoms with Gasteiger partial charge in [-0.1, -0.05) is 11.6 Å². The lowest BCUT2D eigenvalue weighted by molar-refractivity contribution is -0.104. The van der Waals surface area contributed by atoms with Gasteiger partial charge in [0.1, 0.15) is 17.4 Å². The number of hydrogen-bond acceptors (Lipinski definition) is 5. The van der Waals surface area contributed by atoms with Gasteiger partial charge >= 0.3 is 0 Å². The number of rotatable bonds is 5. The highest BCUT2D eigenvalue weighted by atomic mass is 35.5. The van der Waals surface area contributed by atoms with Gasteiger partial charge in [0.15, 0.2) is 6.21 Å². The molecule has 3 aromatic rings. The van der Waals surface area contributed by atoms with Crippen LogP contribution in [0.1, 0.15) is 11.4 Å². The molecule has 7 heteroatoms. The molecule has 1 heterocycles. The summed E-state index contributed by atoms with van der Waals surface area (Å²) in [6.07, 6.45) is 1.47. The van der Waals surface area contributed by atoms with E-state index in [9.17, 15) is 0 Å². The molecule has 0 fully saturated rings. The van der Waals surface area contributed by atoms with Gasteiger partial charge in [0.25, 0.3) is 0 Å². The summed E-state index contributed by atoms with van der Waals surface area (Å²) in [6.45, 7) is 1.83. The second-order valence-corrected chi connectivity index (χ2v) is 6.10. The van der Waals surface area contributed by atoms with Crippen molar-refractivity contribution in [2.24, 2.45) is 0 Å². The van der Waals surface area contributed by atoms with E-state index in [1.165, 1.54) is 6.21 Å². The molecular formula is C19H19ClN5O+. The van der Waals surface area contributed by atoms with Crippen LogP contribution in [0, 0.1) is 6.92 Å². The van der Waals surface area contributed by atoms with Crippen molar-refractivity contribution in [2.45, 2.75) is 6.92 Å². The second kappa shape index (κ2) is 7.41. The number of nitrogens with two attached hydrogens (primary N) is 2. The molecule has 0 saturated heterocycles. The van der Waals surface area contributed by atoms with Crippen molar-refractivity contribution in [3.63, 3.8) is 0 Å². The average Bonchev–Trinajstić information content (AvgIpc) is 2.61. The smallest absolute Gasteiger partial charge is 0.169 e. The maximum atomic E-state index is 6.14. The maximum Gasteiger partial charge on any atom is 0.169 e. The number of nitrogens with zero attached hydrogens (tertiary/aromatic N) is 2. The van der Waals surface area contributed by atoms with E-state index in [2.05, 4.69) is 15.3 Å². The summed E-state index contributed by atoms with van der Waals surface area (Å²) < 4.78 is 5.42. The summed E-state index contributed by atoms with van der Waals surface area (Å²) >= 11 is 6.14. The van der Waals surface area contributed by atoms with Gasteiger partial charge in [-0.15, -0.1) is 0 Å². The first kappa shape index (κ1) is 17.7. The second-order valence-electron chi connectivity index (χ2n) is 5.67. The van der Waals surface area contributed by atoms with E-state index in [1.807, 2.05) is 37.3 Å². The molecule has 0 bridgehead atoms. The van der Waals surface area contributed by atoms with E-state index in [4.69, 9.17) is 27.5 Å². The van der Waals surface area contributed by atoms with Crippen molar-refractivity contribution in [1.82, 2.24) is 9.97 Å². The summed E-state index contributed by atoms with van der Waals surface area (Å²) in [5.41, 5.74) is 9.64. The fraction of sp³-hybridized carbons (Fsp3) is 0.105. The van der Waals surface area contributed by atoms with Crippen LogP contribution in [0.3, 0.4) is 0 Å². The molecule has 6 nitrogen and oxygen atoms in total. The van der Waals surface area contributed by atoms with Gasteiger partial charge in [-0.3, -0.25) is 5.41 Å². The molecule has 132 valence electrons. The van der Waals surface area contributed by atoms with Crippen LogP contribution in [0.15, 0.2) is 42.5 Å². The molecule has 26 heavy (non-hydrogen) atoms. The van der Waals surface area contributed by atoms with Crippen molar-refractivity contribution in [2.75, 3.05) is 18.2 Å². The number of ether oxygens (including phenoxy) is 1. The minimum atomic E-state index is 0.583. The van der Waals surface area contributed by atoms with Crippen LogP contribution in [0.2, 0.25) is 5.02 Å². The first-order chi connectivity index (χ1) is 12.5. The summed E-state index contributed by atoms with van der Waals surface area (Å²) in [6, 6.07) is 12.8. The van der Waals surface area contributed by atoms with E-state index in [-0.39, 0.29) is 0 Å². The van der Waals surface area contributed by atoms with Crippen molar-refractivity contribution >= 4 is 35.0 Å². The highest BCUT2D eigenvalue weighted by molar-refractivity contribution is 6.31. The van der Waals surface area contributed by atoms with Crippen LogP contribution >= 0.6 is 11.6 Å². The number of anilines is 3. The molecule has 5 N–H and O–H groups in total. The molecular weight excluding hydrogens is 350 g/mol. The zero-order valence-electron chi connectivity index (χ0n) is 14.5. The molecule has 0 aliphatic heterocycles. The molecule has 0 radical (unpaired) electrons. The molecule has 1 aromatic heterocycles. The lowest BCUT2D eigenvalue weighted by Gasteiger charge is -2.12. The third-order valence-electron chi connectivity index (χ3n) is 3.81. The van der Waals surface area contributed by atoms with Gasteiger partial charge in [0, 0.05) is 28.0 Å². The molecule has 0 unspecified atom stereocenters. The molecule has 0 aliphatic carbocycles. The predicted octanol–water partition coefficient (Wildman–Crippen LogP) is 2.62. The highest BCUT2D eigenvalue weighted by Gasteiger charge is 2.11. The average molecular weight is 369 g/mol. The van der Waals surface area contributed by atoms with E-state index >= 15 is 0 Å². The normalized spacial score (nSPS) is 10.4. The summed E-state index contributed by atoms with van der Waals surface area (Å²) in [7, 11) is 1.61. The molecule has 0 spiro atoms. The molecule has 3 rings (SSSR count). The van der Waals surface area contributed by atoms with Crippen LogP contribution in [0.25, 0.3) is 11.3 Å². The van der Waals surface area contributed by atoms with Gasteiger partial charge in [-0.2, -0.15) is 0 Å². The molecule has 0 amide bonds. The predicted molar refractivity (Wildman–Crippen MR) is 105 cm³/mol. The SMILES string of the molecule is COc1ccc(Cl)cc1-c1cc(Nc2ccc(C=[NH2+])c(N)c2)nc(C)n1. The Morgan fingerprint density at radius 2 is 1.96 bits per heavy atom. The number of nitrogens with one attached hydrogen (secondary N) is 1. The Kier molecular flexibility index (Phi) is 5.04. The van der Waals surface area contributed by atoms with E-state index in [1.54, 1.807) is 19.2 Å². The summed E-state index contributed by atoms with van der Waals surface area (Å²) in [5, 5.41) is 9.37. The lowest BCUT2D eigenvalue weighted by atomic mass is 10.1. The molecule has 0 aliphatic rings. The van der Waals surface area contributed by atoms with Crippen LogP contribution in [-0.2, 0) is 0 Å². The molecule has 0 atom stereocenters. The van der Waals surface area contributed by atoms with Crippen molar-refractivity contribution in [1.29, 1.82) is 0 Å². The Balaban J connectivity index is 2.00. The first-order valence-corrected chi connectivity index (χ1v) is 8.29. The first-order valence-electron chi connectivity index (χ1n) is 7.91. The Morgan fingerprint density at radius 1 is 1.15 bits per heavy atom. The standard InChI is InChI=1S/C19H18ClN5O/c1-11-23-17(15-7-13(20)4-6-18(15)26-2)9-19(24-11)25-14-5-3-12(10-21)16(22)8-14/h3-10,21H,22H2,1-2H3,(H,23,24,25)/p+1.